The Morgan fingerprint density at radius 2 is 2.03 bits per heavy atom. The number of nitrogens with one attached hydrogen (secondary N) is 2. The second kappa shape index (κ2) is 8.97. The molecular weight excluding hydrogens is 424 g/mol. The number of fused-ring (bicyclic) bond motifs is 1. The molecule has 2 amide bonds. The highest BCUT2D eigenvalue weighted by Gasteiger charge is 2.42. The Labute approximate surface area is 180 Å². The number of hydrogen-bond acceptors (Lipinski definition) is 7. The van der Waals surface area contributed by atoms with Crippen LogP contribution in [0.2, 0.25) is 0 Å². The Hall–Kier alpha value is -2.07. The van der Waals surface area contributed by atoms with Gasteiger partial charge in [-0.1, -0.05) is 23.9 Å². The van der Waals surface area contributed by atoms with E-state index in [0.717, 1.165) is 35.8 Å². The molecule has 8 nitrogen and oxygen atoms in total. The fourth-order valence-corrected chi connectivity index (χ4v) is 7.61. The van der Waals surface area contributed by atoms with Crippen LogP contribution < -0.4 is 10.6 Å². The van der Waals surface area contributed by atoms with Gasteiger partial charge in [0.2, 0.25) is 11.8 Å². The number of rotatable bonds is 7. The van der Waals surface area contributed by atoms with E-state index in [0.29, 0.717) is 25.9 Å². The second-order valence-corrected chi connectivity index (χ2v) is 11.3. The molecule has 2 N–H and O–H groups in total. The van der Waals surface area contributed by atoms with E-state index in [9.17, 15) is 18.0 Å². The topological polar surface area (TPSA) is 108 Å². The van der Waals surface area contributed by atoms with E-state index >= 15 is 0 Å². The lowest BCUT2D eigenvalue weighted by molar-refractivity contribution is -0.127. The van der Waals surface area contributed by atoms with Crippen LogP contribution in [0.3, 0.4) is 0 Å². The number of aliphatic imine (C=N–C) groups is 1. The van der Waals surface area contributed by atoms with Gasteiger partial charge in [0.15, 0.2) is 15.0 Å². The molecule has 0 spiro atoms. The zero-order valence-corrected chi connectivity index (χ0v) is 18.3. The summed E-state index contributed by atoms with van der Waals surface area (Å²) in [5.74, 6) is 0.510. The van der Waals surface area contributed by atoms with Crippen molar-refractivity contribution >= 4 is 44.3 Å². The summed E-state index contributed by atoms with van der Waals surface area (Å²) in [5, 5.41) is 6.91. The molecule has 10 heteroatoms. The highest BCUT2D eigenvalue weighted by atomic mass is 32.2. The van der Waals surface area contributed by atoms with Crippen LogP contribution in [0.15, 0.2) is 29.3 Å². The summed E-state index contributed by atoms with van der Waals surface area (Å²) in [6.07, 6.45) is 2.65. The number of amides is 2. The van der Waals surface area contributed by atoms with Gasteiger partial charge in [0.1, 0.15) is 0 Å². The minimum Gasteiger partial charge on any atom is -0.356 e. The van der Waals surface area contributed by atoms with Crippen LogP contribution in [0.25, 0.3) is 0 Å². The molecule has 3 aliphatic heterocycles. The number of benzene rings is 1. The zero-order valence-electron chi connectivity index (χ0n) is 16.7. The van der Waals surface area contributed by atoms with Crippen molar-refractivity contribution in [1.29, 1.82) is 0 Å². The van der Waals surface area contributed by atoms with E-state index in [1.165, 1.54) is 11.8 Å². The number of thioether (sulfide) groups is 1. The third-order valence-corrected chi connectivity index (χ3v) is 8.63. The largest absolute Gasteiger partial charge is 0.356 e. The predicted molar refractivity (Wildman–Crippen MR) is 118 cm³/mol. The molecule has 1 aromatic rings. The quantitative estimate of drug-likeness (QED) is 0.601. The molecule has 30 heavy (non-hydrogen) atoms. The highest BCUT2D eigenvalue weighted by Crippen LogP contribution is 2.34. The van der Waals surface area contributed by atoms with E-state index in [1.807, 2.05) is 29.2 Å². The van der Waals surface area contributed by atoms with E-state index < -0.39 is 9.84 Å². The number of anilines is 1. The standard InChI is InChI=1S/C20H26N4O4S2/c25-18(21-8-2-10-24-9-1-3-19(24)26)11-14-4-6-15(7-5-14)22-20-23-16-12-30(27,28)13-17(16)29-20/h4-7,16-17H,1-3,8-13H2,(H,21,25)(H,22,23)/t16-,17+/m0/s1. The van der Waals surface area contributed by atoms with Crippen LogP contribution in [0.5, 0.6) is 0 Å². The number of nitrogens with zero attached hydrogens (tertiary/aromatic N) is 2. The minimum absolute atomic E-state index is 0.0176. The Kier molecular flexibility index (Phi) is 6.33. The normalized spacial score (nSPS) is 24.6. The molecule has 0 radical (unpaired) electrons. The fourth-order valence-electron chi connectivity index (χ4n) is 3.93. The lowest BCUT2D eigenvalue weighted by Crippen LogP contribution is -2.31. The van der Waals surface area contributed by atoms with Crippen molar-refractivity contribution in [2.24, 2.45) is 4.99 Å². The second-order valence-electron chi connectivity index (χ2n) is 7.92. The van der Waals surface area contributed by atoms with Crippen molar-refractivity contribution in [1.82, 2.24) is 10.2 Å². The summed E-state index contributed by atoms with van der Waals surface area (Å²) in [6, 6.07) is 7.45. The molecule has 4 rings (SSSR count). The maximum absolute atomic E-state index is 12.1. The van der Waals surface area contributed by atoms with Crippen molar-refractivity contribution in [3.63, 3.8) is 0 Å². The van der Waals surface area contributed by atoms with Crippen molar-refractivity contribution in [3.05, 3.63) is 29.8 Å². The monoisotopic (exact) mass is 450 g/mol. The minimum atomic E-state index is -2.95. The first-order chi connectivity index (χ1) is 14.4. The van der Waals surface area contributed by atoms with Gasteiger partial charge in [-0.3, -0.25) is 14.6 Å². The van der Waals surface area contributed by atoms with Crippen molar-refractivity contribution in [3.8, 4) is 0 Å². The van der Waals surface area contributed by atoms with Gasteiger partial charge in [0.25, 0.3) is 0 Å². The van der Waals surface area contributed by atoms with E-state index in [-0.39, 0.29) is 34.6 Å². The zero-order chi connectivity index (χ0) is 21.1. The molecule has 2 saturated heterocycles. The average molecular weight is 451 g/mol. The Balaban J connectivity index is 1.18. The molecule has 0 aliphatic carbocycles. The summed E-state index contributed by atoms with van der Waals surface area (Å²) >= 11 is 1.48. The van der Waals surface area contributed by atoms with Gasteiger partial charge >= 0.3 is 0 Å². The van der Waals surface area contributed by atoms with Crippen LogP contribution >= 0.6 is 11.8 Å². The molecule has 0 saturated carbocycles. The van der Waals surface area contributed by atoms with Crippen LogP contribution in [-0.4, -0.2) is 72.7 Å². The van der Waals surface area contributed by atoms with E-state index in [1.54, 1.807) is 0 Å². The van der Waals surface area contributed by atoms with Gasteiger partial charge in [-0.05, 0) is 30.5 Å². The summed E-state index contributed by atoms with van der Waals surface area (Å²) in [6.45, 7) is 2.10. The molecule has 0 aromatic heterocycles. The van der Waals surface area contributed by atoms with Gasteiger partial charge in [0.05, 0.1) is 24.0 Å². The van der Waals surface area contributed by atoms with Gasteiger partial charge in [-0.25, -0.2) is 8.42 Å². The van der Waals surface area contributed by atoms with E-state index in [2.05, 4.69) is 15.6 Å². The van der Waals surface area contributed by atoms with Gasteiger partial charge in [-0.15, -0.1) is 0 Å². The van der Waals surface area contributed by atoms with Gasteiger partial charge in [0, 0.05) is 37.0 Å². The van der Waals surface area contributed by atoms with Crippen LogP contribution in [0.1, 0.15) is 24.8 Å². The first-order valence-corrected chi connectivity index (χ1v) is 12.9. The Bertz CT molecular complexity index is 946. The molecule has 0 unspecified atom stereocenters. The van der Waals surface area contributed by atoms with Gasteiger partial charge < -0.3 is 15.5 Å². The SMILES string of the molecule is O=C(Cc1ccc(NC2=N[C@H]3CS(=O)(=O)C[C@H]3S2)cc1)NCCCN1CCCC1=O. The van der Waals surface area contributed by atoms with Crippen LogP contribution in [0, 0.1) is 0 Å². The third-order valence-electron chi connectivity index (χ3n) is 5.49. The average Bonchev–Trinajstić information content (AvgIpc) is 3.33. The van der Waals surface area contributed by atoms with Crippen LogP contribution in [-0.2, 0) is 25.8 Å². The summed E-state index contributed by atoms with van der Waals surface area (Å²) < 4.78 is 23.3. The van der Waals surface area contributed by atoms with Crippen molar-refractivity contribution in [2.45, 2.75) is 37.0 Å². The Morgan fingerprint density at radius 3 is 2.73 bits per heavy atom. The molecule has 3 aliphatic rings. The van der Waals surface area contributed by atoms with Crippen molar-refractivity contribution < 1.29 is 18.0 Å². The molecule has 2 fully saturated rings. The Morgan fingerprint density at radius 1 is 1.23 bits per heavy atom. The number of carbonyl (C=O) groups is 2. The van der Waals surface area contributed by atoms with E-state index in [4.69, 9.17) is 0 Å². The maximum atomic E-state index is 12.1. The molecular formula is C20H26N4O4S2. The molecule has 1 aromatic carbocycles. The smallest absolute Gasteiger partial charge is 0.224 e. The molecule has 162 valence electrons. The first kappa shape index (κ1) is 21.2. The number of hydrogen-bond donors (Lipinski definition) is 2. The maximum Gasteiger partial charge on any atom is 0.224 e. The van der Waals surface area contributed by atoms with Gasteiger partial charge in [-0.2, -0.15) is 0 Å². The van der Waals surface area contributed by atoms with Crippen molar-refractivity contribution in [2.75, 3.05) is 36.5 Å². The first-order valence-electron chi connectivity index (χ1n) is 10.2. The number of likely N-dealkylation sites (tertiary alicyclic amines) is 1. The lowest BCUT2D eigenvalue weighted by Gasteiger charge is -2.15. The molecule has 0 bridgehead atoms. The number of amidine groups is 1. The fraction of sp³-hybridized carbons (Fsp3) is 0.550. The molecule has 2 atom stereocenters. The third kappa shape index (κ3) is 5.34. The predicted octanol–water partition coefficient (Wildman–Crippen LogP) is 1.04. The number of sulfone groups is 1. The van der Waals surface area contributed by atoms with Crippen LogP contribution in [0.4, 0.5) is 5.69 Å². The lowest BCUT2D eigenvalue weighted by atomic mass is 10.1. The number of carbonyl (C=O) groups excluding carboxylic acids is 2. The summed E-state index contributed by atoms with van der Waals surface area (Å²) in [7, 11) is -2.95. The summed E-state index contributed by atoms with van der Waals surface area (Å²) in [4.78, 5) is 30.0. The molecule has 3 heterocycles. The summed E-state index contributed by atoms with van der Waals surface area (Å²) in [5.41, 5.74) is 1.78. The highest BCUT2D eigenvalue weighted by molar-refractivity contribution is 8.15.